The van der Waals surface area contributed by atoms with Gasteiger partial charge in [-0.25, -0.2) is 0 Å². The van der Waals surface area contributed by atoms with E-state index in [9.17, 15) is 0 Å². The van der Waals surface area contributed by atoms with Crippen LogP contribution in [-0.4, -0.2) is 29.0 Å². The highest BCUT2D eigenvalue weighted by molar-refractivity contribution is 5.72. The fraction of sp³-hybridized carbons (Fsp3) is 0.458. The minimum Gasteiger partial charge on any atom is -0.411 e. The Balaban J connectivity index is 1.28. The van der Waals surface area contributed by atoms with Crippen LogP contribution in [0.25, 0.3) is 11.1 Å². The van der Waals surface area contributed by atoms with Gasteiger partial charge in [-0.3, -0.25) is 0 Å². The van der Waals surface area contributed by atoms with Crippen LogP contribution in [0.5, 0.6) is 11.8 Å². The maximum Gasteiger partial charge on any atom is 0.400 e. The van der Waals surface area contributed by atoms with Crippen molar-refractivity contribution in [2.45, 2.75) is 57.9 Å². The number of ether oxygens (including phenoxy) is 1. The van der Waals surface area contributed by atoms with Crippen molar-refractivity contribution in [1.29, 1.82) is 0 Å². The monoisotopic (exact) mass is 378 g/mol. The molecule has 0 spiro atoms. The van der Waals surface area contributed by atoms with Crippen molar-refractivity contribution in [3.63, 3.8) is 0 Å². The normalized spacial score (nSPS) is 15.4. The standard InChI is InChI=1S/C24H30N2O2/c1-2-26(20-10-4-3-5-11-20)18-8-9-19-14-16-21(17-15-19)27-24-25-22-12-6-7-13-23(22)28-24/h6-7,12-17,20H,2-5,8-11,18H2,1H3. The molecule has 1 heterocycles. The van der Waals surface area contributed by atoms with Gasteiger partial charge in [0.15, 0.2) is 5.58 Å². The van der Waals surface area contributed by atoms with Crippen molar-refractivity contribution in [2.24, 2.45) is 0 Å². The second kappa shape index (κ2) is 9.24. The Labute approximate surface area is 167 Å². The first-order valence-corrected chi connectivity index (χ1v) is 10.7. The van der Waals surface area contributed by atoms with E-state index in [0.29, 0.717) is 6.08 Å². The number of para-hydroxylation sites is 2. The van der Waals surface area contributed by atoms with Crippen molar-refractivity contribution >= 4 is 11.1 Å². The Morgan fingerprint density at radius 2 is 1.82 bits per heavy atom. The number of nitrogens with zero attached hydrogens (tertiary/aromatic N) is 2. The molecule has 0 aliphatic heterocycles. The summed E-state index contributed by atoms with van der Waals surface area (Å²) in [5.74, 6) is 0.757. The summed E-state index contributed by atoms with van der Waals surface area (Å²) in [5.41, 5.74) is 2.91. The Bertz CT molecular complexity index is 833. The van der Waals surface area contributed by atoms with Crippen LogP contribution in [0.15, 0.2) is 52.9 Å². The lowest BCUT2D eigenvalue weighted by molar-refractivity contribution is 0.162. The number of oxazole rings is 1. The Morgan fingerprint density at radius 1 is 1.04 bits per heavy atom. The summed E-state index contributed by atoms with van der Waals surface area (Å²) in [7, 11) is 0. The van der Waals surface area contributed by atoms with Crippen LogP contribution < -0.4 is 4.74 Å². The highest BCUT2D eigenvalue weighted by Crippen LogP contribution is 2.26. The zero-order valence-electron chi connectivity index (χ0n) is 16.8. The zero-order valence-corrected chi connectivity index (χ0v) is 16.8. The molecule has 0 bridgehead atoms. The van der Waals surface area contributed by atoms with Gasteiger partial charge in [-0.1, -0.05) is 50.5 Å². The fourth-order valence-electron chi connectivity index (χ4n) is 4.25. The quantitative estimate of drug-likeness (QED) is 0.467. The summed E-state index contributed by atoms with van der Waals surface area (Å²) in [6, 6.07) is 16.8. The average Bonchev–Trinajstić information content (AvgIpc) is 3.15. The molecular weight excluding hydrogens is 348 g/mol. The highest BCUT2D eigenvalue weighted by atomic mass is 16.6. The largest absolute Gasteiger partial charge is 0.411 e. The first-order valence-electron chi connectivity index (χ1n) is 10.7. The number of hydrogen-bond acceptors (Lipinski definition) is 4. The lowest BCUT2D eigenvalue weighted by Gasteiger charge is -2.33. The van der Waals surface area contributed by atoms with Crippen molar-refractivity contribution in [1.82, 2.24) is 9.88 Å². The molecule has 1 aliphatic rings. The molecule has 1 saturated carbocycles. The maximum atomic E-state index is 5.77. The summed E-state index contributed by atoms with van der Waals surface area (Å²) in [6.45, 7) is 4.66. The second-order valence-electron chi connectivity index (χ2n) is 7.72. The van der Waals surface area contributed by atoms with E-state index in [1.165, 1.54) is 57.2 Å². The molecule has 0 N–H and O–H groups in total. The third-order valence-corrected chi connectivity index (χ3v) is 5.81. The summed E-state index contributed by atoms with van der Waals surface area (Å²) in [6.07, 6.45) is 9.60. The van der Waals surface area contributed by atoms with Gasteiger partial charge in [0.05, 0.1) is 0 Å². The molecule has 2 aromatic carbocycles. The molecule has 0 radical (unpaired) electrons. The molecule has 28 heavy (non-hydrogen) atoms. The maximum absolute atomic E-state index is 5.77. The van der Waals surface area contributed by atoms with E-state index < -0.39 is 0 Å². The van der Waals surface area contributed by atoms with Gasteiger partial charge in [-0.2, -0.15) is 4.98 Å². The average molecular weight is 379 g/mol. The minimum atomic E-state index is 0.292. The van der Waals surface area contributed by atoms with E-state index in [2.05, 4.69) is 28.9 Å². The van der Waals surface area contributed by atoms with E-state index in [-0.39, 0.29) is 0 Å². The van der Waals surface area contributed by atoms with E-state index in [1.807, 2.05) is 36.4 Å². The van der Waals surface area contributed by atoms with Crippen LogP contribution in [0.2, 0.25) is 0 Å². The molecular formula is C24H30N2O2. The molecule has 1 fully saturated rings. The lowest BCUT2D eigenvalue weighted by Crippen LogP contribution is -2.37. The first-order chi connectivity index (χ1) is 13.8. The topological polar surface area (TPSA) is 38.5 Å². The highest BCUT2D eigenvalue weighted by Gasteiger charge is 2.19. The van der Waals surface area contributed by atoms with Crippen LogP contribution in [0, 0.1) is 0 Å². The minimum absolute atomic E-state index is 0.292. The molecule has 4 rings (SSSR count). The van der Waals surface area contributed by atoms with Gasteiger partial charge in [0, 0.05) is 6.04 Å². The number of fused-ring (bicyclic) bond motifs is 1. The third-order valence-electron chi connectivity index (χ3n) is 5.81. The summed E-state index contributed by atoms with van der Waals surface area (Å²) >= 11 is 0. The molecule has 0 saturated heterocycles. The molecule has 0 unspecified atom stereocenters. The SMILES string of the molecule is CCN(CCCc1ccc(Oc2nc3ccccc3o2)cc1)C1CCCCC1. The molecule has 0 atom stereocenters. The first kappa shape index (κ1) is 19.0. The molecule has 4 nitrogen and oxygen atoms in total. The lowest BCUT2D eigenvalue weighted by atomic mass is 9.94. The van der Waals surface area contributed by atoms with Crippen LogP contribution in [-0.2, 0) is 6.42 Å². The van der Waals surface area contributed by atoms with Crippen molar-refractivity contribution in [3.05, 3.63) is 54.1 Å². The van der Waals surface area contributed by atoms with Crippen LogP contribution >= 0.6 is 0 Å². The zero-order chi connectivity index (χ0) is 19.2. The number of aryl methyl sites for hydroxylation is 1. The number of aromatic nitrogens is 1. The van der Waals surface area contributed by atoms with Gasteiger partial charge in [-0.05, 0) is 68.6 Å². The summed E-state index contributed by atoms with van der Waals surface area (Å²) in [4.78, 5) is 7.04. The smallest absolute Gasteiger partial charge is 0.400 e. The third kappa shape index (κ3) is 4.74. The Morgan fingerprint density at radius 3 is 2.57 bits per heavy atom. The van der Waals surface area contributed by atoms with Crippen molar-refractivity contribution < 1.29 is 9.15 Å². The predicted octanol–water partition coefficient (Wildman–Crippen LogP) is 6.21. The van der Waals surface area contributed by atoms with Crippen LogP contribution in [0.4, 0.5) is 0 Å². The van der Waals surface area contributed by atoms with Gasteiger partial charge in [0.1, 0.15) is 11.3 Å². The van der Waals surface area contributed by atoms with Gasteiger partial charge >= 0.3 is 6.08 Å². The van der Waals surface area contributed by atoms with Crippen molar-refractivity contribution in [2.75, 3.05) is 13.1 Å². The van der Waals surface area contributed by atoms with E-state index >= 15 is 0 Å². The van der Waals surface area contributed by atoms with Gasteiger partial charge in [0.25, 0.3) is 0 Å². The Hall–Kier alpha value is -2.33. The number of rotatable bonds is 8. The number of benzene rings is 2. The molecule has 1 aliphatic carbocycles. The molecule has 3 aromatic rings. The summed E-state index contributed by atoms with van der Waals surface area (Å²) < 4.78 is 11.4. The van der Waals surface area contributed by atoms with E-state index in [1.54, 1.807) is 0 Å². The van der Waals surface area contributed by atoms with E-state index in [4.69, 9.17) is 9.15 Å². The fourth-order valence-corrected chi connectivity index (χ4v) is 4.25. The van der Waals surface area contributed by atoms with Crippen LogP contribution in [0.1, 0.15) is 51.0 Å². The summed E-state index contributed by atoms with van der Waals surface area (Å²) in [5, 5.41) is 0. The molecule has 1 aromatic heterocycles. The van der Waals surface area contributed by atoms with Gasteiger partial charge in [0.2, 0.25) is 0 Å². The predicted molar refractivity (Wildman–Crippen MR) is 113 cm³/mol. The van der Waals surface area contributed by atoms with Gasteiger partial charge < -0.3 is 14.1 Å². The second-order valence-corrected chi connectivity index (χ2v) is 7.72. The number of hydrogen-bond donors (Lipinski definition) is 0. The molecule has 148 valence electrons. The molecule has 0 amide bonds. The van der Waals surface area contributed by atoms with Gasteiger partial charge in [-0.15, -0.1) is 0 Å². The van der Waals surface area contributed by atoms with E-state index in [0.717, 1.165) is 29.3 Å². The van der Waals surface area contributed by atoms with Crippen molar-refractivity contribution in [3.8, 4) is 11.8 Å². The molecule has 4 heteroatoms. The Kier molecular flexibility index (Phi) is 6.27. The van der Waals surface area contributed by atoms with Crippen LogP contribution in [0.3, 0.4) is 0 Å².